The maximum atomic E-state index is 13.8. The quantitative estimate of drug-likeness (QED) is 0.751. The Morgan fingerprint density at radius 1 is 0.895 bits per heavy atom. The predicted octanol–water partition coefficient (Wildman–Crippen LogP) is 4.51. The van der Waals surface area contributed by atoms with E-state index < -0.39 is 11.6 Å². The second-order valence-electron chi connectivity index (χ2n) is 5.68. The zero-order valence-corrected chi connectivity index (χ0v) is 11.3. The van der Waals surface area contributed by atoms with Gasteiger partial charge in [-0.15, -0.1) is 0 Å². The molecule has 0 heterocycles. The number of nitrogens with two attached hydrogens (primary N) is 1. The summed E-state index contributed by atoms with van der Waals surface area (Å²) in [5, 5.41) is 0. The van der Waals surface area contributed by atoms with E-state index in [2.05, 4.69) is 20.8 Å². The molecule has 0 aliphatic rings. The Balaban J connectivity index is 2.46. The summed E-state index contributed by atoms with van der Waals surface area (Å²) in [7, 11) is 0. The largest absolute Gasteiger partial charge is 0.396 e. The summed E-state index contributed by atoms with van der Waals surface area (Å²) in [5.74, 6) is -1.11. The van der Waals surface area contributed by atoms with Crippen LogP contribution in [0.5, 0.6) is 0 Å². The molecule has 0 radical (unpaired) electrons. The number of halogens is 2. The highest BCUT2D eigenvalue weighted by molar-refractivity contribution is 5.67. The molecule has 2 aromatic rings. The van der Waals surface area contributed by atoms with Crippen LogP contribution >= 0.6 is 0 Å². The van der Waals surface area contributed by atoms with Crippen LogP contribution in [0.2, 0.25) is 0 Å². The second-order valence-corrected chi connectivity index (χ2v) is 5.68. The lowest BCUT2D eigenvalue weighted by molar-refractivity contribution is 0.590. The van der Waals surface area contributed by atoms with Crippen molar-refractivity contribution in [1.29, 1.82) is 0 Å². The Hall–Kier alpha value is -1.90. The van der Waals surface area contributed by atoms with Crippen LogP contribution in [0, 0.1) is 11.6 Å². The summed E-state index contributed by atoms with van der Waals surface area (Å²) in [5.41, 5.74) is 7.21. The number of hydrogen-bond donors (Lipinski definition) is 1. The van der Waals surface area contributed by atoms with Crippen molar-refractivity contribution in [1.82, 2.24) is 0 Å². The van der Waals surface area contributed by atoms with Gasteiger partial charge in [0.15, 0.2) is 0 Å². The Morgan fingerprint density at radius 2 is 1.47 bits per heavy atom. The molecule has 0 spiro atoms. The first-order chi connectivity index (χ1) is 8.79. The fourth-order valence-electron chi connectivity index (χ4n) is 1.93. The Kier molecular flexibility index (Phi) is 3.31. The first-order valence-electron chi connectivity index (χ1n) is 6.14. The van der Waals surface area contributed by atoms with E-state index in [1.807, 2.05) is 12.1 Å². The average molecular weight is 261 g/mol. The van der Waals surface area contributed by atoms with Crippen molar-refractivity contribution in [2.75, 3.05) is 5.73 Å². The number of benzene rings is 2. The first-order valence-corrected chi connectivity index (χ1v) is 6.14. The highest BCUT2D eigenvalue weighted by Crippen LogP contribution is 2.29. The minimum atomic E-state index is -0.601. The average Bonchev–Trinajstić information content (AvgIpc) is 2.33. The van der Waals surface area contributed by atoms with Crippen LogP contribution in [-0.4, -0.2) is 0 Å². The van der Waals surface area contributed by atoms with Crippen LogP contribution in [0.25, 0.3) is 11.1 Å². The molecule has 0 saturated heterocycles. The third kappa shape index (κ3) is 2.75. The lowest BCUT2D eigenvalue weighted by Crippen LogP contribution is -2.10. The van der Waals surface area contributed by atoms with Crippen LogP contribution < -0.4 is 5.73 Å². The van der Waals surface area contributed by atoms with Crippen LogP contribution in [0.15, 0.2) is 36.4 Å². The summed E-state index contributed by atoms with van der Waals surface area (Å²) in [6.45, 7) is 6.31. The molecule has 1 nitrogen and oxygen atoms in total. The lowest BCUT2D eigenvalue weighted by atomic mass is 9.86. The van der Waals surface area contributed by atoms with E-state index in [0.29, 0.717) is 5.56 Å². The second kappa shape index (κ2) is 4.65. The van der Waals surface area contributed by atoms with Crippen molar-refractivity contribution in [3.8, 4) is 11.1 Å². The van der Waals surface area contributed by atoms with Crippen LogP contribution in [0.1, 0.15) is 26.3 Å². The van der Waals surface area contributed by atoms with Crippen LogP contribution in [-0.2, 0) is 5.41 Å². The monoisotopic (exact) mass is 261 g/mol. The van der Waals surface area contributed by atoms with Gasteiger partial charge in [-0.1, -0.05) is 45.0 Å². The van der Waals surface area contributed by atoms with Gasteiger partial charge in [0.1, 0.15) is 11.6 Å². The molecule has 0 aliphatic carbocycles. The van der Waals surface area contributed by atoms with Crippen molar-refractivity contribution < 1.29 is 8.78 Å². The number of anilines is 1. The molecule has 2 aromatic carbocycles. The first kappa shape index (κ1) is 13.5. The number of rotatable bonds is 1. The molecule has 3 heteroatoms. The van der Waals surface area contributed by atoms with Gasteiger partial charge in [-0.3, -0.25) is 0 Å². The summed E-state index contributed by atoms with van der Waals surface area (Å²) in [6, 6.07) is 9.62. The Labute approximate surface area is 112 Å². The zero-order valence-electron chi connectivity index (χ0n) is 11.3. The minimum absolute atomic E-state index is 0.0312. The van der Waals surface area contributed by atoms with Gasteiger partial charge in [0.25, 0.3) is 0 Å². The fraction of sp³-hybridized carbons (Fsp3) is 0.250. The smallest absolute Gasteiger partial charge is 0.146 e. The SMILES string of the molecule is CC(C)(C)c1ccc(-c2cc(F)c(N)cc2F)cc1. The van der Waals surface area contributed by atoms with Gasteiger partial charge in [0.2, 0.25) is 0 Å². The van der Waals surface area contributed by atoms with Gasteiger partial charge in [-0.25, -0.2) is 8.78 Å². The third-order valence-corrected chi connectivity index (χ3v) is 3.15. The van der Waals surface area contributed by atoms with Gasteiger partial charge in [0.05, 0.1) is 5.69 Å². The number of hydrogen-bond acceptors (Lipinski definition) is 1. The minimum Gasteiger partial charge on any atom is -0.396 e. The molecule has 2 rings (SSSR count). The molecule has 0 aromatic heterocycles. The standard InChI is InChI=1S/C16H17F2N/c1-16(2,3)11-6-4-10(5-7-11)12-8-14(18)15(19)9-13(12)17/h4-9H,19H2,1-3H3. The molecule has 0 atom stereocenters. The van der Waals surface area contributed by atoms with Gasteiger partial charge in [0, 0.05) is 11.6 Å². The summed E-state index contributed by atoms with van der Waals surface area (Å²) in [4.78, 5) is 0. The van der Waals surface area contributed by atoms with E-state index in [4.69, 9.17) is 5.73 Å². The van der Waals surface area contributed by atoms with Crippen molar-refractivity contribution >= 4 is 5.69 Å². The Bertz CT molecular complexity index is 595. The summed E-state index contributed by atoms with van der Waals surface area (Å²) in [6.07, 6.45) is 0. The van der Waals surface area contributed by atoms with Gasteiger partial charge < -0.3 is 5.73 Å². The molecular formula is C16H17F2N. The molecule has 2 N–H and O–H groups in total. The van der Waals surface area contributed by atoms with E-state index in [0.717, 1.165) is 17.7 Å². The van der Waals surface area contributed by atoms with Crippen molar-refractivity contribution in [3.63, 3.8) is 0 Å². The zero-order chi connectivity index (χ0) is 14.2. The highest BCUT2D eigenvalue weighted by atomic mass is 19.1. The summed E-state index contributed by atoms with van der Waals surface area (Å²) < 4.78 is 27.2. The predicted molar refractivity (Wildman–Crippen MR) is 74.9 cm³/mol. The summed E-state index contributed by atoms with van der Waals surface area (Å²) >= 11 is 0. The van der Waals surface area contributed by atoms with Gasteiger partial charge >= 0.3 is 0 Å². The maximum absolute atomic E-state index is 13.8. The van der Waals surface area contributed by atoms with E-state index in [1.165, 1.54) is 0 Å². The van der Waals surface area contributed by atoms with Gasteiger partial charge in [-0.05, 0) is 22.6 Å². The molecule has 0 bridgehead atoms. The van der Waals surface area contributed by atoms with Crippen molar-refractivity contribution in [2.45, 2.75) is 26.2 Å². The van der Waals surface area contributed by atoms with Crippen molar-refractivity contribution in [2.24, 2.45) is 0 Å². The number of nitrogen functional groups attached to an aromatic ring is 1. The third-order valence-electron chi connectivity index (χ3n) is 3.15. The lowest BCUT2D eigenvalue weighted by Gasteiger charge is -2.19. The molecule has 0 aliphatic heterocycles. The Morgan fingerprint density at radius 3 is 2.00 bits per heavy atom. The molecule has 19 heavy (non-hydrogen) atoms. The fourth-order valence-corrected chi connectivity index (χ4v) is 1.93. The van der Waals surface area contributed by atoms with E-state index in [-0.39, 0.29) is 16.7 Å². The highest BCUT2D eigenvalue weighted by Gasteiger charge is 2.14. The van der Waals surface area contributed by atoms with Crippen LogP contribution in [0.4, 0.5) is 14.5 Å². The molecule has 0 unspecified atom stereocenters. The normalized spacial score (nSPS) is 11.6. The maximum Gasteiger partial charge on any atom is 0.146 e. The molecule has 100 valence electrons. The van der Waals surface area contributed by atoms with Gasteiger partial charge in [-0.2, -0.15) is 0 Å². The topological polar surface area (TPSA) is 26.0 Å². The van der Waals surface area contributed by atoms with E-state index in [1.54, 1.807) is 12.1 Å². The molecule has 0 fully saturated rings. The van der Waals surface area contributed by atoms with E-state index in [9.17, 15) is 8.78 Å². The van der Waals surface area contributed by atoms with Crippen LogP contribution in [0.3, 0.4) is 0 Å². The van der Waals surface area contributed by atoms with Crippen molar-refractivity contribution in [3.05, 3.63) is 53.6 Å². The molecule has 0 saturated carbocycles. The van der Waals surface area contributed by atoms with E-state index >= 15 is 0 Å². The molecule has 0 amide bonds. The molecular weight excluding hydrogens is 244 g/mol.